The quantitative estimate of drug-likeness (QED) is 0.733. The highest BCUT2D eigenvalue weighted by atomic mass is 16.5. The lowest BCUT2D eigenvalue weighted by molar-refractivity contribution is -0.688. The first-order chi connectivity index (χ1) is 11.7. The third-order valence-corrected chi connectivity index (χ3v) is 3.69. The maximum Gasteiger partial charge on any atom is 0.255 e. The van der Waals surface area contributed by atoms with E-state index in [1.165, 1.54) is 5.56 Å². The summed E-state index contributed by atoms with van der Waals surface area (Å²) >= 11 is 0. The summed E-state index contributed by atoms with van der Waals surface area (Å²) in [6.45, 7) is 0.797. The van der Waals surface area contributed by atoms with Crippen LogP contribution in [-0.4, -0.2) is 13.0 Å². The van der Waals surface area contributed by atoms with Crippen LogP contribution in [0.3, 0.4) is 0 Å². The first-order valence-electron chi connectivity index (χ1n) is 7.73. The number of rotatable bonds is 5. The molecule has 0 aliphatic carbocycles. The average molecular weight is 319 g/mol. The topological polar surface area (TPSA) is 42.2 Å². The molecule has 2 aromatic carbocycles. The smallest absolute Gasteiger partial charge is 0.255 e. The number of anilines is 1. The van der Waals surface area contributed by atoms with Gasteiger partial charge >= 0.3 is 0 Å². The van der Waals surface area contributed by atoms with Crippen LogP contribution in [0.15, 0.2) is 79.1 Å². The zero-order valence-corrected chi connectivity index (χ0v) is 13.5. The van der Waals surface area contributed by atoms with Crippen LogP contribution in [-0.2, 0) is 6.54 Å². The molecular formula is C20H19N2O2+. The molecule has 0 radical (unpaired) electrons. The maximum absolute atomic E-state index is 12.3. The number of aromatic nitrogens is 1. The molecule has 4 heteroatoms. The van der Waals surface area contributed by atoms with Crippen LogP contribution in [0.2, 0.25) is 0 Å². The van der Waals surface area contributed by atoms with Crippen molar-refractivity contribution in [2.45, 2.75) is 6.54 Å². The molecule has 1 amide bonds. The summed E-state index contributed by atoms with van der Waals surface area (Å²) in [4.78, 5) is 12.3. The van der Waals surface area contributed by atoms with Gasteiger partial charge in [0.1, 0.15) is 5.75 Å². The van der Waals surface area contributed by atoms with Gasteiger partial charge in [-0.1, -0.05) is 36.4 Å². The van der Waals surface area contributed by atoms with Gasteiger partial charge in [0.2, 0.25) is 0 Å². The molecule has 4 nitrogen and oxygen atoms in total. The molecule has 0 aliphatic heterocycles. The highest BCUT2D eigenvalue weighted by Gasteiger charge is 2.08. The van der Waals surface area contributed by atoms with Crippen molar-refractivity contribution in [3.8, 4) is 5.75 Å². The van der Waals surface area contributed by atoms with E-state index in [1.54, 1.807) is 25.3 Å². The van der Waals surface area contributed by atoms with Crippen LogP contribution in [0.5, 0.6) is 5.75 Å². The van der Waals surface area contributed by atoms with Gasteiger partial charge in [0, 0.05) is 23.3 Å². The summed E-state index contributed by atoms with van der Waals surface area (Å²) in [5, 5.41) is 2.89. The number of amides is 1. The van der Waals surface area contributed by atoms with Crippen molar-refractivity contribution < 1.29 is 14.1 Å². The highest BCUT2D eigenvalue weighted by molar-refractivity contribution is 6.04. The predicted molar refractivity (Wildman–Crippen MR) is 93.1 cm³/mol. The lowest BCUT2D eigenvalue weighted by Crippen LogP contribution is -2.33. The Balaban J connectivity index is 1.66. The number of nitrogens with one attached hydrogen (secondary N) is 1. The molecule has 3 aromatic rings. The second-order valence-corrected chi connectivity index (χ2v) is 5.43. The number of hydrogen-bond donors (Lipinski definition) is 1. The lowest BCUT2D eigenvalue weighted by Gasteiger charge is -2.06. The van der Waals surface area contributed by atoms with Gasteiger partial charge in [0.25, 0.3) is 5.91 Å². The van der Waals surface area contributed by atoms with Gasteiger partial charge in [0.15, 0.2) is 18.9 Å². The largest absolute Gasteiger partial charge is 0.497 e. The Hall–Kier alpha value is -3.14. The minimum Gasteiger partial charge on any atom is -0.497 e. The molecule has 0 bridgehead atoms. The fourth-order valence-electron chi connectivity index (χ4n) is 2.41. The van der Waals surface area contributed by atoms with E-state index in [4.69, 9.17) is 4.74 Å². The molecule has 0 unspecified atom stereocenters. The monoisotopic (exact) mass is 319 g/mol. The van der Waals surface area contributed by atoms with Crippen molar-refractivity contribution in [1.82, 2.24) is 0 Å². The SMILES string of the molecule is COc1cccc(C(=O)Nc2cc[n+](Cc3ccccc3)cc2)c1. The van der Waals surface area contributed by atoms with E-state index in [1.807, 2.05) is 48.8 Å². The first-order valence-corrected chi connectivity index (χ1v) is 7.73. The molecule has 3 rings (SSSR count). The number of nitrogens with zero attached hydrogens (tertiary/aromatic N) is 1. The number of ether oxygens (including phenoxy) is 1. The molecule has 1 N–H and O–H groups in total. The van der Waals surface area contributed by atoms with Crippen molar-refractivity contribution >= 4 is 11.6 Å². The van der Waals surface area contributed by atoms with E-state index >= 15 is 0 Å². The molecule has 120 valence electrons. The van der Waals surface area contributed by atoms with Crippen molar-refractivity contribution in [2.75, 3.05) is 12.4 Å². The summed E-state index contributed by atoms with van der Waals surface area (Å²) in [5.74, 6) is 0.506. The molecular weight excluding hydrogens is 300 g/mol. The fraction of sp³-hybridized carbons (Fsp3) is 0.100. The number of benzene rings is 2. The number of carbonyl (C=O) groups is 1. The number of carbonyl (C=O) groups excluding carboxylic acids is 1. The van der Waals surface area contributed by atoms with Gasteiger partial charge < -0.3 is 10.1 Å². The van der Waals surface area contributed by atoms with Crippen LogP contribution >= 0.6 is 0 Å². The Bertz CT molecular complexity index is 815. The van der Waals surface area contributed by atoms with Gasteiger partial charge in [0.05, 0.1) is 12.8 Å². The van der Waals surface area contributed by atoms with E-state index < -0.39 is 0 Å². The number of pyridine rings is 1. The molecule has 0 aliphatic rings. The van der Waals surface area contributed by atoms with Gasteiger partial charge in [-0.15, -0.1) is 0 Å². The van der Waals surface area contributed by atoms with Crippen molar-refractivity contribution in [2.24, 2.45) is 0 Å². The zero-order chi connectivity index (χ0) is 16.8. The summed E-state index contributed by atoms with van der Waals surface area (Å²) in [6.07, 6.45) is 3.91. The summed E-state index contributed by atoms with van der Waals surface area (Å²) in [5.41, 5.74) is 2.55. The molecule has 0 saturated heterocycles. The van der Waals surface area contributed by atoms with E-state index in [0.717, 1.165) is 12.2 Å². The Morgan fingerprint density at radius 1 is 1.00 bits per heavy atom. The average Bonchev–Trinajstić information content (AvgIpc) is 2.64. The van der Waals surface area contributed by atoms with Gasteiger partial charge in [-0.3, -0.25) is 4.79 Å². The van der Waals surface area contributed by atoms with E-state index in [9.17, 15) is 4.79 Å². The van der Waals surface area contributed by atoms with Gasteiger partial charge in [-0.2, -0.15) is 0 Å². The first kappa shape index (κ1) is 15.7. The zero-order valence-electron chi connectivity index (χ0n) is 13.5. The maximum atomic E-state index is 12.3. The minimum atomic E-state index is -0.158. The van der Waals surface area contributed by atoms with E-state index in [0.29, 0.717) is 11.3 Å². The van der Waals surface area contributed by atoms with Gasteiger partial charge in [-0.25, -0.2) is 4.57 Å². The standard InChI is InChI=1S/C20H18N2O2/c1-24-19-9-5-8-17(14-19)20(23)21-18-10-12-22(13-11-18)15-16-6-3-2-4-7-16/h2-14H,15H2,1H3/p+1. The Labute approximate surface area is 141 Å². The molecule has 1 heterocycles. The van der Waals surface area contributed by atoms with Crippen molar-refractivity contribution in [3.05, 3.63) is 90.3 Å². The summed E-state index contributed by atoms with van der Waals surface area (Å²) in [7, 11) is 1.58. The van der Waals surface area contributed by atoms with Crippen LogP contribution in [0.25, 0.3) is 0 Å². The third kappa shape index (κ3) is 3.98. The fourth-order valence-corrected chi connectivity index (χ4v) is 2.41. The Morgan fingerprint density at radius 2 is 1.75 bits per heavy atom. The summed E-state index contributed by atoms with van der Waals surface area (Å²) in [6, 6.07) is 21.1. The van der Waals surface area contributed by atoms with Crippen LogP contribution in [0, 0.1) is 0 Å². The number of hydrogen-bond acceptors (Lipinski definition) is 2. The second kappa shape index (κ2) is 7.42. The van der Waals surface area contributed by atoms with Crippen LogP contribution in [0.4, 0.5) is 5.69 Å². The van der Waals surface area contributed by atoms with Gasteiger partial charge in [-0.05, 0) is 18.2 Å². The molecule has 24 heavy (non-hydrogen) atoms. The highest BCUT2D eigenvalue weighted by Crippen LogP contribution is 2.14. The Morgan fingerprint density at radius 3 is 2.46 bits per heavy atom. The Kier molecular flexibility index (Phi) is 4.87. The van der Waals surface area contributed by atoms with Crippen molar-refractivity contribution in [3.63, 3.8) is 0 Å². The third-order valence-electron chi connectivity index (χ3n) is 3.69. The lowest BCUT2D eigenvalue weighted by atomic mass is 10.2. The second-order valence-electron chi connectivity index (χ2n) is 5.43. The normalized spacial score (nSPS) is 10.2. The summed E-state index contributed by atoms with van der Waals surface area (Å²) < 4.78 is 7.21. The molecule has 1 aromatic heterocycles. The van der Waals surface area contributed by atoms with E-state index in [2.05, 4.69) is 22.0 Å². The van der Waals surface area contributed by atoms with Crippen LogP contribution in [0.1, 0.15) is 15.9 Å². The molecule has 0 fully saturated rings. The number of methoxy groups -OCH3 is 1. The molecule has 0 spiro atoms. The van der Waals surface area contributed by atoms with Crippen LogP contribution < -0.4 is 14.6 Å². The van der Waals surface area contributed by atoms with E-state index in [-0.39, 0.29) is 5.91 Å². The molecule has 0 atom stereocenters. The minimum absolute atomic E-state index is 0.158. The van der Waals surface area contributed by atoms with Crippen molar-refractivity contribution in [1.29, 1.82) is 0 Å². The predicted octanol–water partition coefficient (Wildman–Crippen LogP) is 3.28. The molecule has 0 saturated carbocycles.